The molecule has 2 heterocycles. The molecule has 0 saturated carbocycles. The van der Waals surface area contributed by atoms with Crippen molar-refractivity contribution in [1.82, 2.24) is 19.9 Å². The van der Waals surface area contributed by atoms with E-state index in [2.05, 4.69) is 30.5 Å². The van der Waals surface area contributed by atoms with Crippen LogP contribution in [-0.4, -0.2) is 47.0 Å². The van der Waals surface area contributed by atoms with Crippen molar-refractivity contribution in [2.24, 2.45) is 0 Å². The predicted octanol–water partition coefficient (Wildman–Crippen LogP) is 3.78. The number of benzene rings is 1. The minimum atomic E-state index is 0.590. The molecule has 0 aliphatic rings. The molecule has 0 unspecified atom stereocenters. The van der Waals surface area contributed by atoms with Crippen LogP contribution in [0.15, 0.2) is 54.9 Å². The maximum Gasteiger partial charge on any atom is 0.225 e. The third-order valence-electron chi connectivity index (χ3n) is 3.89. The molecule has 0 fully saturated rings. The molecule has 0 atom stereocenters. The van der Waals surface area contributed by atoms with Crippen LogP contribution in [0, 0.1) is 0 Å². The van der Waals surface area contributed by atoms with Gasteiger partial charge in [-0.3, -0.25) is 4.98 Å². The van der Waals surface area contributed by atoms with Crippen molar-refractivity contribution in [3.05, 3.63) is 65.4 Å². The summed E-state index contributed by atoms with van der Waals surface area (Å²) < 4.78 is 0. The number of likely N-dealkylation sites (N-methyl/N-ethyl adjacent to an activating group) is 1. The molecule has 2 N–H and O–H groups in total. The summed E-state index contributed by atoms with van der Waals surface area (Å²) in [5, 5.41) is 7.37. The zero-order valence-corrected chi connectivity index (χ0v) is 16.2. The summed E-state index contributed by atoms with van der Waals surface area (Å²) in [4.78, 5) is 15.5. The smallest absolute Gasteiger partial charge is 0.225 e. The molecule has 2 aromatic heterocycles. The van der Waals surface area contributed by atoms with Gasteiger partial charge in [-0.1, -0.05) is 23.7 Å². The van der Waals surface area contributed by atoms with E-state index in [0.717, 1.165) is 40.8 Å². The molecule has 6 nitrogen and oxygen atoms in total. The van der Waals surface area contributed by atoms with Crippen molar-refractivity contribution in [3.63, 3.8) is 0 Å². The van der Waals surface area contributed by atoms with Crippen molar-refractivity contribution in [3.8, 4) is 11.3 Å². The Morgan fingerprint density at radius 3 is 2.67 bits per heavy atom. The van der Waals surface area contributed by atoms with Crippen molar-refractivity contribution < 1.29 is 0 Å². The predicted molar refractivity (Wildman–Crippen MR) is 111 cm³/mol. The Kier molecular flexibility index (Phi) is 6.57. The standard InChI is InChI=1S/C20H23ClN6/c1-27(2)10-9-23-20-25-18(16-6-4-8-22-14-16)12-19(26-20)24-13-15-5-3-7-17(21)11-15/h3-8,11-12,14H,9-10,13H2,1-2H3,(H2,23,24,25,26). The average molecular weight is 383 g/mol. The van der Waals surface area contributed by atoms with E-state index in [9.17, 15) is 0 Å². The summed E-state index contributed by atoms with van der Waals surface area (Å²) in [6, 6.07) is 13.6. The number of nitrogens with zero attached hydrogens (tertiary/aromatic N) is 4. The van der Waals surface area contributed by atoms with Gasteiger partial charge in [0.2, 0.25) is 5.95 Å². The van der Waals surface area contributed by atoms with Crippen LogP contribution in [0.5, 0.6) is 0 Å². The van der Waals surface area contributed by atoms with E-state index in [1.165, 1.54) is 0 Å². The van der Waals surface area contributed by atoms with E-state index < -0.39 is 0 Å². The molecule has 0 spiro atoms. The number of hydrogen-bond acceptors (Lipinski definition) is 6. The molecular weight excluding hydrogens is 360 g/mol. The molecule has 1 aromatic carbocycles. The number of pyridine rings is 1. The van der Waals surface area contributed by atoms with Gasteiger partial charge in [0.1, 0.15) is 5.82 Å². The van der Waals surface area contributed by atoms with Crippen LogP contribution >= 0.6 is 11.6 Å². The van der Waals surface area contributed by atoms with E-state index in [4.69, 9.17) is 11.6 Å². The van der Waals surface area contributed by atoms with E-state index >= 15 is 0 Å². The third kappa shape index (κ3) is 5.91. The van der Waals surface area contributed by atoms with E-state index in [1.54, 1.807) is 12.4 Å². The fraction of sp³-hybridized carbons (Fsp3) is 0.250. The lowest BCUT2D eigenvalue weighted by atomic mass is 10.2. The largest absolute Gasteiger partial charge is 0.366 e. The highest BCUT2D eigenvalue weighted by Gasteiger charge is 2.07. The molecule has 27 heavy (non-hydrogen) atoms. The van der Waals surface area contributed by atoms with Crippen LogP contribution in [0.1, 0.15) is 5.56 Å². The molecule has 3 aromatic rings. The van der Waals surface area contributed by atoms with Crippen LogP contribution in [0.4, 0.5) is 11.8 Å². The summed E-state index contributed by atoms with van der Waals surface area (Å²) in [5.74, 6) is 1.34. The summed E-state index contributed by atoms with van der Waals surface area (Å²) in [5.41, 5.74) is 2.85. The van der Waals surface area contributed by atoms with Crippen LogP contribution in [0.2, 0.25) is 5.02 Å². The Bertz CT molecular complexity index is 869. The van der Waals surface area contributed by atoms with Gasteiger partial charge >= 0.3 is 0 Å². The Labute approximate surface area is 164 Å². The Morgan fingerprint density at radius 2 is 1.93 bits per heavy atom. The summed E-state index contributed by atoms with van der Waals surface area (Å²) in [6.07, 6.45) is 3.55. The monoisotopic (exact) mass is 382 g/mol. The first kappa shape index (κ1) is 19.1. The Morgan fingerprint density at radius 1 is 1.04 bits per heavy atom. The second-order valence-electron chi connectivity index (χ2n) is 6.42. The second kappa shape index (κ2) is 9.30. The van der Waals surface area contributed by atoms with Crippen molar-refractivity contribution in [2.75, 3.05) is 37.8 Å². The lowest BCUT2D eigenvalue weighted by Gasteiger charge is -2.13. The number of rotatable bonds is 8. The highest BCUT2D eigenvalue weighted by molar-refractivity contribution is 6.30. The lowest BCUT2D eigenvalue weighted by Crippen LogP contribution is -2.21. The topological polar surface area (TPSA) is 66.0 Å². The zero-order valence-electron chi connectivity index (χ0n) is 15.5. The molecule has 0 aliphatic heterocycles. The maximum absolute atomic E-state index is 6.07. The second-order valence-corrected chi connectivity index (χ2v) is 6.85. The average Bonchev–Trinajstić information content (AvgIpc) is 2.67. The highest BCUT2D eigenvalue weighted by atomic mass is 35.5. The number of anilines is 2. The van der Waals surface area contributed by atoms with Gasteiger partial charge in [0.05, 0.1) is 5.69 Å². The Balaban J connectivity index is 1.80. The van der Waals surface area contributed by atoms with Crippen molar-refractivity contribution >= 4 is 23.4 Å². The molecule has 0 radical (unpaired) electrons. The van der Waals surface area contributed by atoms with Crippen LogP contribution in [-0.2, 0) is 6.54 Å². The quantitative estimate of drug-likeness (QED) is 0.618. The van der Waals surface area contributed by atoms with Gasteiger partial charge in [0.25, 0.3) is 0 Å². The van der Waals surface area contributed by atoms with Crippen LogP contribution in [0.25, 0.3) is 11.3 Å². The van der Waals surface area contributed by atoms with Gasteiger partial charge in [-0.25, -0.2) is 4.98 Å². The summed E-state index contributed by atoms with van der Waals surface area (Å²) in [7, 11) is 4.07. The Hall–Kier alpha value is -2.70. The normalized spacial score (nSPS) is 10.8. The van der Waals surface area contributed by atoms with Gasteiger partial charge in [0.15, 0.2) is 0 Å². The van der Waals surface area contributed by atoms with Gasteiger partial charge in [-0.15, -0.1) is 0 Å². The van der Waals surface area contributed by atoms with Crippen LogP contribution in [0.3, 0.4) is 0 Å². The molecule has 3 rings (SSSR count). The lowest BCUT2D eigenvalue weighted by molar-refractivity contribution is 0.425. The molecule has 0 bridgehead atoms. The number of halogens is 1. The van der Waals surface area contributed by atoms with Gasteiger partial charge in [-0.05, 0) is 43.9 Å². The van der Waals surface area contributed by atoms with E-state index in [1.807, 2.05) is 56.6 Å². The molecule has 7 heteroatoms. The SMILES string of the molecule is CN(C)CCNc1nc(NCc2cccc(Cl)c2)cc(-c2cccnc2)n1. The zero-order chi connectivity index (χ0) is 19.1. The highest BCUT2D eigenvalue weighted by Crippen LogP contribution is 2.21. The van der Waals surface area contributed by atoms with Gasteiger partial charge < -0.3 is 15.5 Å². The fourth-order valence-corrected chi connectivity index (χ4v) is 2.72. The molecule has 0 saturated heterocycles. The fourth-order valence-electron chi connectivity index (χ4n) is 2.51. The van der Waals surface area contributed by atoms with Gasteiger partial charge in [-0.2, -0.15) is 4.98 Å². The molecule has 0 amide bonds. The summed E-state index contributed by atoms with van der Waals surface area (Å²) >= 11 is 6.07. The molecule has 140 valence electrons. The summed E-state index contributed by atoms with van der Waals surface area (Å²) in [6.45, 7) is 2.28. The molecule has 0 aliphatic carbocycles. The first-order valence-corrected chi connectivity index (χ1v) is 9.14. The number of aromatic nitrogens is 3. The first-order chi connectivity index (χ1) is 13.1. The number of hydrogen-bond donors (Lipinski definition) is 2. The third-order valence-corrected chi connectivity index (χ3v) is 4.12. The van der Waals surface area contributed by atoms with Crippen molar-refractivity contribution in [1.29, 1.82) is 0 Å². The minimum Gasteiger partial charge on any atom is -0.366 e. The van der Waals surface area contributed by atoms with E-state index in [-0.39, 0.29) is 0 Å². The van der Waals surface area contributed by atoms with Crippen molar-refractivity contribution in [2.45, 2.75) is 6.54 Å². The minimum absolute atomic E-state index is 0.590. The maximum atomic E-state index is 6.07. The van der Waals surface area contributed by atoms with Gasteiger partial charge in [0, 0.05) is 48.7 Å². The number of nitrogens with one attached hydrogen (secondary N) is 2. The molecular formula is C20H23ClN6. The van der Waals surface area contributed by atoms with Crippen LogP contribution < -0.4 is 10.6 Å². The van der Waals surface area contributed by atoms with E-state index in [0.29, 0.717) is 12.5 Å². The first-order valence-electron chi connectivity index (χ1n) is 8.76.